The third-order valence-corrected chi connectivity index (χ3v) is 4.92. The van der Waals surface area contributed by atoms with Crippen LogP contribution in [0.3, 0.4) is 0 Å². The molecular weight excluding hydrogens is 332 g/mol. The van der Waals surface area contributed by atoms with Crippen LogP contribution >= 0.6 is 31.9 Å². The highest BCUT2D eigenvalue weighted by Gasteiger charge is 2.14. The molecule has 0 bridgehead atoms. The molecule has 1 unspecified atom stereocenters. The molecule has 0 radical (unpaired) electrons. The number of hydrogen-bond donors (Lipinski definition) is 1. The number of benzene rings is 1. The quantitative estimate of drug-likeness (QED) is 0.786. The molecule has 1 nitrogen and oxygen atoms in total. The van der Waals surface area contributed by atoms with Gasteiger partial charge in [0, 0.05) is 8.95 Å². The van der Waals surface area contributed by atoms with Gasteiger partial charge in [0.05, 0.1) is 6.10 Å². The van der Waals surface area contributed by atoms with E-state index in [2.05, 4.69) is 45.7 Å². The van der Waals surface area contributed by atoms with Crippen LogP contribution in [0.15, 0.2) is 27.1 Å². The fourth-order valence-electron chi connectivity index (χ4n) is 1.79. The van der Waals surface area contributed by atoms with Crippen LogP contribution in [-0.4, -0.2) is 5.11 Å². The maximum Gasteiger partial charge on any atom is 0.0793 e. The van der Waals surface area contributed by atoms with Gasteiger partial charge in [-0.15, -0.1) is 0 Å². The van der Waals surface area contributed by atoms with Crippen molar-refractivity contribution < 1.29 is 5.11 Å². The molecule has 0 fully saturated rings. The lowest BCUT2D eigenvalue weighted by molar-refractivity contribution is 0.141. The second-order valence-corrected chi connectivity index (χ2v) is 5.82. The maximum atomic E-state index is 10.1. The zero-order valence-corrected chi connectivity index (χ0v) is 12.9. The molecule has 90 valence electrons. The largest absolute Gasteiger partial charge is 0.388 e. The van der Waals surface area contributed by atoms with Gasteiger partial charge in [0.25, 0.3) is 0 Å². The summed E-state index contributed by atoms with van der Waals surface area (Å²) in [6.07, 6.45) is 2.76. The predicted octanol–water partition coefficient (Wildman–Crippen LogP) is 5.07. The summed E-state index contributed by atoms with van der Waals surface area (Å²) >= 11 is 6.88. The molecule has 0 saturated heterocycles. The van der Waals surface area contributed by atoms with E-state index in [1.54, 1.807) is 0 Å². The van der Waals surface area contributed by atoms with Crippen LogP contribution < -0.4 is 0 Å². The van der Waals surface area contributed by atoms with Crippen LogP contribution in [0, 0.1) is 5.92 Å². The molecule has 0 aromatic heterocycles. The normalized spacial score (nSPS) is 13.1. The Kier molecular flexibility index (Phi) is 6.01. The Morgan fingerprint density at radius 2 is 1.75 bits per heavy atom. The first-order valence-corrected chi connectivity index (χ1v) is 7.30. The number of rotatable bonds is 5. The van der Waals surface area contributed by atoms with Crippen molar-refractivity contribution in [2.75, 3.05) is 0 Å². The molecule has 16 heavy (non-hydrogen) atoms. The van der Waals surface area contributed by atoms with Crippen molar-refractivity contribution in [3.05, 3.63) is 32.7 Å². The van der Waals surface area contributed by atoms with E-state index in [1.807, 2.05) is 18.2 Å². The highest BCUT2D eigenvalue weighted by molar-refractivity contribution is 9.13. The van der Waals surface area contributed by atoms with Gasteiger partial charge in [-0.2, -0.15) is 0 Å². The smallest absolute Gasteiger partial charge is 0.0793 e. The van der Waals surface area contributed by atoms with Crippen molar-refractivity contribution in [1.29, 1.82) is 0 Å². The van der Waals surface area contributed by atoms with E-state index in [4.69, 9.17) is 0 Å². The molecular formula is C13H18Br2O. The zero-order valence-electron chi connectivity index (χ0n) is 9.71. The van der Waals surface area contributed by atoms with Gasteiger partial charge in [0.2, 0.25) is 0 Å². The number of hydrogen-bond acceptors (Lipinski definition) is 1. The molecule has 1 N–H and O–H groups in total. The Bertz CT molecular complexity index is 335. The first-order valence-electron chi connectivity index (χ1n) is 5.71. The Labute approximate surface area is 115 Å². The third-order valence-electron chi connectivity index (χ3n) is 3.04. The molecule has 3 heteroatoms. The van der Waals surface area contributed by atoms with Gasteiger partial charge in [0.15, 0.2) is 0 Å². The van der Waals surface area contributed by atoms with Gasteiger partial charge in [-0.1, -0.05) is 32.8 Å². The number of aliphatic hydroxyl groups is 1. The van der Waals surface area contributed by atoms with E-state index in [1.165, 1.54) is 0 Å². The van der Waals surface area contributed by atoms with Crippen molar-refractivity contribution in [2.45, 2.75) is 39.2 Å². The van der Waals surface area contributed by atoms with Gasteiger partial charge in [-0.25, -0.2) is 0 Å². The van der Waals surface area contributed by atoms with Crippen LogP contribution in [0.2, 0.25) is 0 Å². The van der Waals surface area contributed by atoms with Crippen LogP contribution in [0.4, 0.5) is 0 Å². The molecule has 1 aromatic carbocycles. The zero-order chi connectivity index (χ0) is 12.1. The van der Waals surface area contributed by atoms with Crippen LogP contribution in [0.25, 0.3) is 0 Å². The van der Waals surface area contributed by atoms with Gasteiger partial charge in [0.1, 0.15) is 0 Å². The van der Waals surface area contributed by atoms with E-state index in [9.17, 15) is 5.11 Å². The highest BCUT2D eigenvalue weighted by atomic mass is 79.9. The maximum absolute atomic E-state index is 10.1. The number of aliphatic hydroxyl groups excluding tert-OH is 1. The topological polar surface area (TPSA) is 20.2 Å². The Morgan fingerprint density at radius 1 is 1.12 bits per heavy atom. The number of halogens is 2. The van der Waals surface area contributed by atoms with E-state index < -0.39 is 0 Å². The summed E-state index contributed by atoms with van der Waals surface area (Å²) in [7, 11) is 0. The van der Waals surface area contributed by atoms with Crippen molar-refractivity contribution in [3.8, 4) is 0 Å². The van der Waals surface area contributed by atoms with Gasteiger partial charge in [-0.05, 0) is 61.9 Å². The molecule has 0 spiro atoms. The van der Waals surface area contributed by atoms with Gasteiger partial charge >= 0.3 is 0 Å². The summed E-state index contributed by atoms with van der Waals surface area (Å²) in [5, 5.41) is 10.1. The minimum absolute atomic E-state index is 0.353. The van der Waals surface area contributed by atoms with Gasteiger partial charge in [-0.3, -0.25) is 0 Å². The van der Waals surface area contributed by atoms with Crippen molar-refractivity contribution in [1.82, 2.24) is 0 Å². The molecule has 0 aliphatic carbocycles. The van der Waals surface area contributed by atoms with Crippen molar-refractivity contribution in [3.63, 3.8) is 0 Å². The van der Waals surface area contributed by atoms with E-state index in [0.717, 1.165) is 33.8 Å². The summed E-state index contributed by atoms with van der Waals surface area (Å²) in [5.41, 5.74) is 0.988. The summed E-state index contributed by atoms with van der Waals surface area (Å²) in [6.45, 7) is 4.36. The van der Waals surface area contributed by atoms with Crippen LogP contribution in [0.5, 0.6) is 0 Å². The minimum atomic E-state index is -0.353. The molecule has 0 saturated carbocycles. The molecule has 1 rings (SSSR count). The molecule has 0 aliphatic heterocycles. The summed E-state index contributed by atoms with van der Waals surface area (Å²) in [4.78, 5) is 0. The lowest BCUT2D eigenvalue weighted by Crippen LogP contribution is -2.06. The third kappa shape index (κ3) is 3.86. The molecule has 1 aromatic rings. The van der Waals surface area contributed by atoms with Crippen molar-refractivity contribution >= 4 is 31.9 Å². The van der Waals surface area contributed by atoms with E-state index in [0.29, 0.717) is 5.92 Å². The first-order chi connectivity index (χ1) is 7.58. The Morgan fingerprint density at radius 3 is 2.25 bits per heavy atom. The van der Waals surface area contributed by atoms with Gasteiger partial charge < -0.3 is 5.11 Å². The first kappa shape index (κ1) is 14.2. The van der Waals surface area contributed by atoms with Crippen molar-refractivity contribution in [2.24, 2.45) is 5.92 Å². The fourth-order valence-corrected chi connectivity index (χ4v) is 2.44. The second-order valence-electron chi connectivity index (χ2n) is 4.11. The molecule has 0 heterocycles. The fraction of sp³-hybridized carbons (Fsp3) is 0.538. The highest BCUT2D eigenvalue weighted by Crippen LogP contribution is 2.30. The second kappa shape index (κ2) is 6.77. The van der Waals surface area contributed by atoms with Crippen LogP contribution in [0.1, 0.15) is 44.8 Å². The molecule has 1 atom stereocenters. The average molecular weight is 350 g/mol. The Balaban J connectivity index is 2.72. The van der Waals surface area contributed by atoms with E-state index in [-0.39, 0.29) is 6.10 Å². The lowest BCUT2D eigenvalue weighted by atomic mass is 9.93. The summed E-state index contributed by atoms with van der Waals surface area (Å²) in [6, 6.07) is 5.93. The predicted molar refractivity (Wildman–Crippen MR) is 75.5 cm³/mol. The lowest BCUT2D eigenvalue weighted by Gasteiger charge is -2.18. The van der Waals surface area contributed by atoms with E-state index >= 15 is 0 Å². The standard InChI is InChI=1S/C13H18Br2O/c1-3-9(4-2)7-13(16)10-5-6-11(14)12(15)8-10/h5-6,8-9,13,16H,3-4,7H2,1-2H3. The summed E-state index contributed by atoms with van der Waals surface area (Å²) < 4.78 is 2.01. The summed E-state index contributed by atoms with van der Waals surface area (Å²) in [5.74, 6) is 0.609. The van der Waals surface area contributed by atoms with Crippen LogP contribution in [-0.2, 0) is 0 Å². The molecule has 0 amide bonds. The monoisotopic (exact) mass is 348 g/mol. The minimum Gasteiger partial charge on any atom is -0.388 e. The molecule has 0 aliphatic rings. The average Bonchev–Trinajstić information content (AvgIpc) is 2.29. The Hall–Kier alpha value is 0.140. The SMILES string of the molecule is CCC(CC)CC(O)c1ccc(Br)c(Br)c1.